The molecule has 0 radical (unpaired) electrons. The summed E-state index contributed by atoms with van der Waals surface area (Å²) in [6.45, 7) is 5.61. The van der Waals surface area contributed by atoms with E-state index in [-0.39, 0.29) is 24.0 Å². The number of ether oxygens (including phenoxy) is 1. The monoisotopic (exact) mass is 506 g/mol. The van der Waals surface area contributed by atoms with Crippen molar-refractivity contribution < 1.29 is 4.74 Å². The third-order valence-electron chi connectivity index (χ3n) is 4.90. The highest BCUT2D eigenvalue weighted by molar-refractivity contribution is 14.0. The quantitative estimate of drug-likeness (QED) is 0.259. The van der Waals surface area contributed by atoms with Gasteiger partial charge < -0.3 is 20.3 Å². The number of hydrogen-bond donors (Lipinski definition) is 2. The number of halogens is 1. The van der Waals surface area contributed by atoms with E-state index in [1.165, 1.54) is 22.4 Å². The summed E-state index contributed by atoms with van der Waals surface area (Å²) in [7, 11) is 3.52. The molecule has 6 heteroatoms. The first-order valence-electron chi connectivity index (χ1n) is 9.76. The molecule has 2 aromatic carbocycles. The number of nitrogens with one attached hydrogen (secondary N) is 2. The van der Waals surface area contributed by atoms with Gasteiger partial charge in [-0.1, -0.05) is 42.0 Å². The first-order valence-corrected chi connectivity index (χ1v) is 9.76. The van der Waals surface area contributed by atoms with Gasteiger partial charge in [0.05, 0.1) is 7.11 Å². The van der Waals surface area contributed by atoms with E-state index in [0.29, 0.717) is 0 Å². The molecular weight excluding hydrogens is 475 g/mol. The summed E-state index contributed by atoms with van der Waals surface area (Å²) < 4.78 is 5.46. The van der Waals surface area contributed by atoms with Crippen LogP contribution in [0.2, 0.25) is 0 Å². The lowest BCUT2D eigenvalue weighted by molar-refractivity contribution is 0.409. The number of rotatable bonds is 7. The zero-order valence-electron chi connectivity index (χ0n) is 17.4. The molecular formula is C23H31IN4O. The fourth-order valence-electron chi connectivity index (χ4n) is 3.38. The highest BCUT2D eigenvalue weighted by atomic mass is 127. The molecule has 29 heavy (non-hydrogen) atoms. The number of aryl methyl sites for hydroxylation is 1. The molecule has 3 rings (SSSR count). The fraction of sp³-hybridized carbons (Fsp3) is 0.348. The van der Waals surface area contributed by atoms with Gasteiger partial charge in [0.1, 0.15) is 5.75 Å². The topological polar surface area (TPSA) is 48.9 Å². The lowest BCUT2D eigenvalue weighted by atomic mass is 10.1. The Morgan fingerprint density at radius 2 is 1.90 bits per heavy atom. The second-order valence-electron chi connectivity index (χ2n) is 6.96. The maximum absolute atomic E-state index is 5.46. The molecule has 2 N–H and O–H groups in total. The van der Waals surface area contributed by atoms with Gasteiger partial charge in [0, 0.05) is 38.9 Å². The van der Waals surface area contributed by atoms with Crippen LogP contribution in [0.25, 0.3) is 0 Å². The Bertz CT molecular complexity index is 843. The van der Waals surface area contributed by atoms with Crippen LogP contribution < -0.4 is 20.3 Å². The molecule has 1 heterocycles. The number of anilines is 1. The van der Waals surface area contributed by atoms with E-state index in [9.17, 15) is 0 Å². The van der Waals surface area contributed by atoms with Gasteiger partial charge in [-0.15, -0.1) is 24.0 Å². The minimum Gasteiger partial charge on any atom is -0.496 e. The standard InChI is InChI=1S/C23H30N4O.HI/c1-18-9-10-22(28-3)20(15-18)11-12-25-23(24-2)26-17-19-7-6-8-21(16-19)27-13-4-5-14-27;/h4-10,15-16H,11-14,17H2,1-3H3,(H2,24,25,26);1H. The highest BCUT2D eigenvalue weighted by Gasteiger charge is 2.08. The summed E-state index contributed by atoms with van der Waals surface area (Å²) in [5.74, 6) is 1.74. The zero-order chi connectivity index (χ0) is 19.8. The summed E-state index contributed by atoms with van der Waals surface area (Å²) in [6, 6.07) is 14.9. The molecule has 2 aromatic rings. The maximum atomic E-state index is 5.46. The number of aliphatic imine (C=N–C) groups is 1. The van der Waals surface area contributed by atoms with Crippen molar-refractivity contribution in [2.75, 3.05) is 38.7 Å². The summed E-state index contributed by atoms with van der Waals surface area (Å²) in [6.07, 6.45) is 5.29. The Hall–Kier alpha value is -2.22. The van der Waals surface area contributed by atoms with Gasteiger partial charge in [-0.05, 0) is 42.7 Å². The van der Waals surface area contributed by atoms with Crippen LogP contribution in [0.5, 0.6) is 5.75 Å². The van der Waals surface area contributed by atoms with Crippen molar-refractivity contribution >= 4 is 35.6 Å². The van der Waals surface area contributed by atoms with Crippen molar-refractivity contribution in [3.63, 3.8) is 0 Å². The maximum Gasteiger partial charge on any atom is 0.191 e. The third kappa shape index (κ3) is 6.66. The largest absolute Gasteiger partial charge is 0.496 e. The van der Waals surface area contributed by atoms with Crippen molar-refractivity contribution in [3.05, 3.63) is 71.3 Å². The molecule has 0 aromatic heterocycles. The van der Waals surface area contributed by atoms with Gasteiger partial charge in [-0.25, -0.2) is 0 Å². The van der Waals surface area contributed by atoms with E-state index in [1.807, 2.05) is 6.07 Å². The number of hydrogen-bond acceptors (Lipinski definition) is 3. The molecule has 0 aliphatic carbocycles. The fourth-order valence-corrected chi connectivity index (χ4v) is 3.38. The number of nitrogens with zero attached hydrogens (tertiary/aromatic N) is 2. The van der Waals surface area contributed by atoms with Crippen LogP contribution in [-0.4, -0.2) is 39.8 Å². The van der Waals surface area contributed by atoms with Gasteiger partial charge in [-0.3, -0.25) is 4.99 Å². The molecule has 1 aliphatic rings. The molecule has 1 aliphatic heterocycles. The number of benzene rings is 2. The van der Waals surface area contributed by atoms with Gasteiger partial charge in [0.15, 0.2) is 5.96 Å². The van der Waals surface area contributed by atoms with E-state index in [4.69, 9.17) is 4.74 Å². The second-order valence-corrected chi connectivity index (χ2v) is 6.96. The predicted molar refractivity (Wildman–Crippen MR) is 133 cm³/mol. The van der Waals surface area contributed by atoms with Crippen molar-refractivity contribution in [3.8, 4) is 5.75 Å². The molecule has 5 nitrogen and oxygen atoms in total. The van der Waals surface area contributed by atoms with Gasteiger partial charge in [-0.2, -0.15) is 0 Å². The van der Waals surface area contributed by atoms with Gasteiger partial charge >= 0.3 is 0 Å². The average Bonchev–Trinajstić information content (AvgIpc) is 3.26. The van der Waals surface area contributed by atoms with Crippen molar-refractivity contribution in [2.24, 2.45) is 4.99 Å². The summed E-state index contributed by atoms with van der Waals surface area (Å²) in [5.41, 5.74) is 4.95. The Labute approximate surface area is 191 Å². The van der Waals surface area contributed by atoms with Crippen molar-refractivity contribution in [1.29, 1.82) is 0 Å². The van der Waals surface area contributed by atoms with Crippen molar-refractivity contribution in [2.45, 2.75) is 19.9 Å². The van der Waals surface area contributed by atoms with Crippen LogP contribution in [0.4, 0.5) is 5.69 Å². The highest BCUT2D eigenvalue weighted by Crippen LogP contribution is 2.20. The number of methoxy groups -OCH3 is 1. The van der Waals surface area contributed by atoms with E-state index >= 15 is 0 Å². The SMILES string of the molecule is CN=C(NCCc1cc(C)ccc1OC)NCc1cccc(N2CC=CC2)c1.I. The lowest BCUT2D eigenvalue weighted by Gasteiger charge is -2.19. The molecule has 156 valence electrons. The Kier molecular flexibility index (Phi) is 9.31. The number of guanidine groups is 1. The van der Waals surface area contributed by atoms with E-state index in [0.717, 1.165) is 44.3 Å². The summed E-state index contributed by atoms with van der Waals surface area (Å²) >= 11 is 0. The predicted octanol–water partition coefficient (Wildman–Crippen LogP) is 3.91. The molecule has 0 fully saturated rings. The minimum atomic E-state index is 0. The smallest absolute Gasteiger partial charge is 0.191 e. The van der Waals surface area contributed by atoms with Crippen LogP contribution >= 0.6 is 24.0 Å². The van der Waals surface area contributed by atoms with Gasteiger partial charge in [0.2, 0.25) is 0 Å². The zero-order valence-corrected chi connectivity index (χ0v) is 19.8. The van der Waals surface area contributed by atoms with E-state index in [2.05, 4.69) is 76.0 Å². The molecule has 0 spiro atoms. The second kappa shape index (κ2) is 11.7. The molecule has 0 unspecified atom stereocenters. The lowest BCUT2D eigenvalue weighted by Crippen LogP contribution is -2.37. The average molecular weight is 506 g/mol. The molecule has 0 saturated carbocycles. The molecule has 0 amide bonds. The third-order valence-corrected chi connectivity index (χ3v) is 4.90. The Balaban J connectivity index is 0.00000300. The van der Waals surface area contributed by atoms with Crippen LogP contribution in [0.3, 0.4) is 0 Å². The van der Waals surface area contributed by atoms with Gasteiger partial charge in [0.25, 0.3) is 0 Å². The summed E-state index contributed by atoms with van der Waals surface area (Å²) in [4.78, 5) is 6.69. The molecule has 0 saturated heterocycles. The first kappa shape index (κ1) is 23.1. The van der Waals surface area contributed by atoms with Crippen LogP contribution in [-0.2, 0) is 13.0 Å². The normalized spacial score (nSPS) is 13.2. The van der Waals surface area contributed by atoms with Crippen molar-refractivity contribution in [1.82, 2.24) is 10.6 Å². The first-order chi connectivity index (χ1) is 13.7. The minimum absolute atomic E-state index is 0. The molecule has 0 bridgehead atoms. The molecule has 0 atom stereocenters. The Morgan fingerprint density at radius 1 is 1.10 bits per heavy atom. The van der Waals surface area contributed by atoms with E-state index in [1.54, 1.807) is 14.2 Å². The van der Waals surface area contributed by atoms with Crippen LogP contribution in [0.15, 0.2) is 59.6 Å². The van der Waals surface area contributed by atoms with E-state index < -0.39 is 0 Å². The van der Waals surface area contributed by atoms with Crippen LogP contribution in [0.1, 0.15) is 16.7 Å². The summed E-state index contributed by atoms with van der Waals surface area (Å²) in [5, 5.41) is 6.79. The Morgan fingerprint density at radius 3 is 2.62 bits per heavy atom. The van der Waals surface area contributed by atoms with Crippen LogP contribution in [0, 0.1) is 6.92 Å².